The van der Waals surface area contributed by atoms with Crippen LogP contribution in [-0.2, 0) is 28.6 Å². The fourth-order valence-corrected chi connectivity index (χ4v) is 8.97. The molecule has 6 heteroatoms. The fourth-order valence-electron chi connectivity index (χ4n) is 8.97. The number of allylic oxidation sites excluding steroid dienone is 10. The van der Waals surface area contributed by atoms with Gasteiger partial charge in [-0.05, 0) is 109 Å². The highest BCUT2D eigenvalue weighted by Gasteiger charge is 2.19. The van der Waals surface area contributed by atoms with E-state index in [1.165, 1.54) is 199 Å². The predicted octanol–water partition coefficient (Wildman–Crippen LogP) is 21.2. The Hall–Kier alpha value is -2.89. The standard InChI is InChI=1S/C66H118O6/c1-4-7-10-13-16-19-22-25-28-31-34-37-40-43-46-49-52-55-58-64(67)70-61-63(72-66(69)60-57-54-51-48-45-42-39-36-33-30-27-24-21-18-15-12-9-6-3)62-71-65(68)59-56-53-50-47-44-41-38-35-32-29-26-23-20-17-14-11-8-5-2/h19,21-22,24,28-33,63H,4-18,20,23,25-27,34-62H2,1-3H3/b22-19-,24-21-,31-28-,32-29-,33-30-. The number of hydrogen-bond acceptors (Lipinski definition) is 6. The van der Waals surface area contributed by atoms with Gasteiger partial charge in [0.05, 0.1) is 0 Å². The van der Waals surface area contributed by atoms with E-state index in [1.54, 1.807) is 0 Å². The molecule has 0 bridgehead atoms. The minimum absolute atomic E-state index is 0.0810. The molecule has 0 fully saturated rings. The Morgan fingerprint density at radius 1 is 0.278 bits per heavy atom. The van der Waals surface area contributed by atoms with Gasteiger partial charge in [-0.3, -0.25) is 14.4 Å². The SMILES string of the molecule is CCCCCC/C=C\C/C=C\CCCCCCCCCC(=O)OCC(COC(=O)CCCCCCCCC/C=C\CCCCCCCCC)OC(=O)CCCCCCCCC/C=C\C/C=C\CCCCCC. The van der Waals surface area contributed by atoms with Crippen LogP contribution < -0.4 is 0 Å². The highest BCUT2D eigenvalue weighted by atomic mass is 16.6. The zero-order valence-corrected chi connectivity index (χ0v) is 47.9. The molecular weight excluding hydrogens is 889 g/mol. The van der Waals surface area contributed by atoms with Crippen LogP contribution in [0.15, 0.2) is 60.8 Å². The molecule has 0 rings (SSSR count). The van der Waals surface area contributed by atoms with Crippen molar-refractivity contribution in [1.29, 1.82) is 0 Å². The Kier molecular flexibility index (Phi) is 58.2. The second-order valence-electron chi connectivity index (χ2n) is 21.0. The maximum absolute atomic E-state index is 12.9. The van der Waals surface area contributed by atoms with Crippen LogP contribution in [0.1, 0.15) is 323 Å². The summed E-state index contributed by atoms with van der Waals surface area (Å²) in [5.41, 5.74) is 0. The van der Waals surface area contributed by atoms with E-state index in [9.17, 15) is 14.4 Å². The highest BCUT2D eigenvalue weighted by molar-refractivity contribution is 5.71. The lowest BCUT2D eigenvalue weighted by molar-refractivity contribution is -0.167. The summed E-state index contributed by atoms with van der Waals surface area (Å²) < 4.78 is 16.9. The number of carbonyl (C=O) groups is 3. The first-order valence-electron chi connectivity index (χ1n) is 31.3. The molecule has 0 spiro atoms. The van der Waals surface area contributed by atoms with Gasteiger partial charge >= 0.3 is 17.9 Å². The van der Waals surface area contributed by atoms with E-state index < -0.39 is 6.10 Å². The van der Waals surface area contributed by atoms with Crippen LogP contribution >= 0.6 is 0 Å². The molecule has 0 aliphatic rings. The van der Waals surface area contributed by atoms with Crippen molar-refractivity contribution in [2.24, 2.45) is 0 Å². The van der Waals surface area contributed by atoms with Gasteiger partial charge in [0, 0.05) is 19.3 Å². The van der Waals surface area contributed by atoms with Crippen molar-refractivity contribution in [3.63, 3.8) is 0 Å². The summed E-state index contributed by atoms with van der Waals surface area (Å²) in [7, 11) is 0. The van der Waals surface area contributed by atoms with Crippen molar-refractivity contribution in [2.75, 3.05) is 13.2 Å². The summed E-state index contributed by atoms with van der Waals surface area (Å²) in [5.74, 6) is -0.885. The molecule has 0 aromatic heterocycles. The van der Waals surface area contributed by atoms with E-state index >= 15 is 0 Å². The van der Waals surface area contributed by atoms with Crippen LogP contribution in [0, 0.1) is 0 Å². The Labute approximate surface area is 447 Å². The van der Waals surface area contributed by atoms with Crippen molar-refractivity contribution in [3.8, 4) is 0 Å². The van der Waals surface area contributed by atoms with Crippen LogP contribution in [-0.4, -0.2) is 37.2 Å². The number of carbonyl (C=O) groups excluding carboxylic acids is 3. The zero-order chi connectivity index (χ0) is 52.2. The summed E-state index contributed by atoms with van der Waals surface area (Å²) >= 11 is 0. The molecule has 0 saturated heterocycles. The smallest absolute Gasteiger partial charge is 0.306 e. The van der Waals surface area contributed by atoms with Gasteiger partial charge in [-0.2, -0.15) is 0 Å². The second kappa shape index (κ2) is 60.7. The molecule has 72 heavy (non-hydrogen) atoms. The predicted molar refractivity (Wildman–Crippen MR) is 312 cm³/mol. The van der Waals surface area contributed by atoms with E-state index in [1.807, 2.05) is 0 Å². The summed E-state index contributed by atoms with van der Waals surface area (Å²) in [6.45, 7) is 6.63. The number of rotatable bonds is 57. The third-order valence-corrected chi connectivity index (χ3v) is 13.7. The number of esters is 3. The lowest BCUT2D eigenvalue weighted by Gasteiger charge is -2.18. The molecule has 0 aliphatic heterocycles. The van der Waals surface area contributed by atoms with Gasteiger partial charge in [0.25, 0.3) is 0 Å². The van der Waals surface area contributed by atoms with Gasteiger partial charge in [-0.15, -0.1) is 0 Å². The molecule has 0 aromatic carbocycles. The molecule has 0 amide bonds. The quantitative estimate of drug-likeness (QED) is 0.0261. The van der Waals surface area contributed by atoms with Crippen LogP contribution in [0.5, 0.6) is 0 Å². The molecule has 0 saturated carbocycles. The van der Waals surface area contributed by atoms with Crippen molar-refractivity contribution >= 4 is 17.9 Å². The van der Waals surface area contributed by atoms with E-state index in [0.29, 0.717) is 19.3 Å². The molecule has 0 aromatic rings. The summed E-state index contributed by atoms with van der Waals surface area (Å²) in [6, 6.07) is 0. The third kappa shape index (κ3) is 58.0. The maximum atomic E-state index is 12.9. The Morgan fingerprint density at radius 3 is 0.792 bits per heavy atom. The second-order valence-corrected chi connectivity index (χ2v) is 21.0. The largest absolute Gasteiger partial charge is 0.462 e. The van der Waals surface area contributed by atoms with E-state index in [0.717, 1.165) is 83.5 Å². The molecule has 0 radical (unpaired) electrons. The van der Waals surface area contributed by atoms with Crippen LogP contribution in [0.3, 0.4) is 0 Å². The Bertz CT molecular complexity index is 1290. The van der Waals surface area contributed by atoms with Crippen molar-refractivity contribution in [3.05, 3.63) is 60.8 Å². The first kappa shape index (κ1) is 69.1. The molecule has 1 unspecified atom stereocenters. The molecule has 0 aliphatic carbocycles. The van der Waals surface area contributed by atoms with E-state index in [4.69, 9.17) is 14.2 Å². The summed E-state index contributed by atoms with van der Waals surface area (Å²) in [6.07, 6.45) is 76.4. The van der Waals surface area contributed by atoms with Gasteiger partial charge in [-0.25, -0.2) is 0 Å². The molecular formula is C66H118O6. The minimum Gasteiger partial charge on any atom is -0.462 e. The monoisotopic (exact) mass is 1010 g/mol. The highest BCUT2D eigenvalue weighted by Crippen LogP contribution is 2.16. The zero-order valence-electron chi connectivity index (χ0n) is 47.9. The van der Waals surface area contributed by atoms with Crippen molar-refractivity contribution < 1.29 is 28.6 Å². The van der Waals surface area contributed by atoms with Crippen LogP contribution in [0.4, 0.5) is 0 Å². The van der Waals surface area contributed by atoms with Gasteiger partial charge in [0.1, 0.15) is 13.2 Å². The number of ether oxygens (including phenoxy) is 3. The Balaban J connectivity index is 4.40. The average molecular weight is 1010 g/mol. The van der Waals surface area contributed by atoms with E-state index in [-0.39, 0.29) is 31.1 Å². The van der Waals surface area contributed by atoms with Gasteiger partial charge in [-0.1, -0.05) is 255 Å². The normalized spacial score (nSPS) is 12.4. The van der Waals surface area contributed by atoms with E-state index in [2.05, 4.69) is 81.5 Å². The first-order valence-corrected chi connectivity index (χ1v) is 31.3. The lowest BCUT2D eigenvalue weighted by atomic mass is 10.1. The van der Waals surface area contributed by atoms with Gasteiger partial charge in [0.2, 0.25) is 0 Å². The van der Waals surface area contributed by atoms with Crippen molar-refractivity contribution in [2.45, 2.75) is 329 Å². The number of hydrogen-bond donors (Lipinski definition) is 0. The third-order valence-electron chi connectivity index (χ3n) is 13.7. The maximum Gasteiger partial charge on any atom is 0.306 e. The van der Waals surface area contributed by atoms with Gasteiger partial charge < -0.3 is 14.2 Å². The fraction of sp³-hybridized carbons (Fsp3) is 0.803. The topological polar surface area (TPSA) is 78.9 Å². The summed E-state index contributed by atoms with van der Waals surface area (Å²) in [4.78, 5) is 38.3. The lowest BCUT2D eigenvalue weighted by Crippen LogP contribution is -2.30. The van der Waals surface area contributed by atoms with Crippen LogP contribution in [0.25, 0.3) is 0 Å². The molecule has 418 valence electrons. The van der Waals surface area contributed by atoms with Crippen LogP contribution in [0.2, 0.25) is 0 Å². The Morgan fingerprint density at radius 2 is 0.500 bits per heavy atom. The number of unbranched alkanes of at least 4 members (excludes halogenated alkanes) is 36. The molecule has 0 N–H and O–H groups in total. The first-order chi connectivity index (χ1) is 35.5. The van der Waals surface area contributed by atoms with Gasteiger partial charge in [0.15, 0.2) is 6.10 Å². The average Bonchev–Trinajstić information content (AvgIpc) is 3.38. The summed E-state index contributed by atoms with van der Waals surface area (Å²) in [5, 5.41) is 0. The molecule has 6 nitrogen and oxygen atoms in total. The molecule has 0 heterocycles. The van der Waals surface area contributed by atoms with Crippen molar-refractivity contribution in [1.82, 2.24) is 0 Å². The minimum atomic E-state index is -0.784. The molecule has 1 atom stereocenters.